The number of aromatic nitrogens is 2. The van der Waals surface area contributed by atoms with Crippen molar-refractivity contribution in [2.75, 3.05) is 11.4 Å². The molecule has 4 nitrogen and oxygen atoms in total. The number of aliphatic hydroxyl groups excluding tert-OH is 1. The second-order valence-electron chi connectivity index (χ2n) is 7.43. The standard InChI is InChI=1S/C21H22F3N3O/c1-13-14(2)26(18-9-5-3-7-16(13)18)11-15(28)12-27-19-10-6-4-8-17(19)25-20(27)21(22,23)24/h3-10,13-15,28H,11-12H2,1-2H3. The number of benzene rings is 2. The number of fused-ring (bicyclic) bond motifs is 2. The number of aliphatic hydroxyl groups is 1. The zero-order valence-corrected chi connectivity index (χ0v) is 15.7. The molecule has 7 heteroatoms. The van der Waals surface area contributed by atoms with Crippen molar-refractivity contribution < 1.29 is 18.3 Å². The van der Waals surface area contributed by atoms with E-state index in [0.717, 1.165) is 10.3 Å². The Balaban J connectivity index is 1.62. The number of para-hydroxylation sites is 3. The van der Waals surface area contributed by atoms with Gasteiger partial charge in [0.1, 0.15) is 0 Å². The summed E-state index contributed by atoms with van der Waals surface area (Å²) >= 11 is 0. The molecule has 0 spiro atoms. The molecule has 1 N–H and O–H groups in total. The van der Waals surface area contributed by atoms with Crippen molar-refractivity contribution in [3.8, 4) is 0 Å². The lowest BCUT2D eigenvalue weighted by Gasteiger charge is -2.29. The van der Waals surface area contributed by atoms with Gasteiger partial charge in [-0.1, -0.05) is 37.3 Å². The van der Waals surface area contributed by atoms with E-state index in [2.05, 4.69) is 29.8 Å². The summed E-state index contributed by atoms with van der Waals surface area (Å²) in [5.74, 6) is -0.681. The Morgan fingerprint density at radius 3 is 2.46 bits per heavy atom. The Morgan fingerprint density at radius 1 is 1.04 bits per heavy atom. The summed E-state index contributed by atoms with van der Waals surface area (Å²) in [4.78, 5) is 5.83. The third-order valence-electron chi connectivity index (χ3n) is 5.66. The summed E-state index contributed by atoms with van der Waals surface area (Å²) in [5.41, 5.74) is 2.88. The van der Waals surface area contributed by atoms with E-state index in [1.165, 1.54) is 5.56 Å². The highest BCUT2D eigenvalue weighted by atomic mass is 19.4. The first kappa shape index (κ1) is 18.8. The molecule has 1 aliphatic rings. The SMILES string of the molecule is CC1c2ccccc2N(CC(O)Cn2c(C(F)(F)F)nc3ccccc32)C1C. The van der Waals surface area contributed by atoms with Crippen LogP contribution in [0.15, 0.2) is 48.5 Å². The fourth-order valence-electron chi connectivity index (χ4n) is 4.12. The van der Waals surface area contributed by atoms with Gasteiger partial charge in [0.05, 0.1) is 23.7 Å². The highest BCUT2D eigenvalue weighted by Crippen LogP contribution is 2.40. The number of imidazole rings is 1. The second kappa shape index (κ2) is 6.81. The van der Waals surface area contributed by atoms with Crippen LogP contribution in [0.4, 0.5) is 18.9 Å². The van der Waals surface area contributed by atoms with Gasteiger partial charge in [-0.05, 0) is 30.7 Å². The molecule has 4 rings (SSSR count). The normalized spacial score (nSPS) is 20.6. The molecule has 3 unspecified atom stereocenters. The highest BCUT2D eigenvalue weighted by molar-refractivity contribution is 5.76. The zero-order chi connectivity index (χ0) is 20.1. The van der Waals surface area contributed by atoms with E-state index in [1.807, 2.05) is 18.2 Å². The largest absolute Gasteiger partial charge is 0.449 e. The monoisotopic (exact) mass is 389 g/mol. The van der Waals surface area contributed by atoms with Crippen LogP contribution in [0.3, 0.4) is 0 Å². The van der Waals surface area contributed by atoms with Gasteiger partial charge in [0, 0.05) is 24.2 Å². The van der Waals surface area contributed by atoms with Gasteiger partial charge < -0.3 is 14.6 Å². The Hall–Kier alpha value is -2.54. The van der Waals surface area contributed by atoms with Gasteiger partial charge in [-0.25, -0.2) is 4.98 Å². The number of halogens is 3. The average Bonchev–Trinajstić information content (AvgIpc) is 3.14. The molecule has 3 aromatic rings. The first-order valence-corrected chi connectivity index (χ1v) is 9.33. The van der Waals surface area contributed by atoms with Crippen LogP contribution in [0.2, 0.25) is 0 Å². The molecule has 148 valence electrons. The molecule has 0 saturated heterocycles. The molecule has 0 aliphatic carbocycles. The lowest BCUT2D eigenvalue weighted by atomic mass is 9.98. The van der Waals surface area contributed by atoms with Crippen LogP contribution < -0.4 is 4.90 Å². The summed E-state index contributed by atoms with van der Waals surface area (Å²) in [7, 11) is 0. The molecule has 0 radical (unpaired) electrons. The zero-order valence-electron chi connectivity index (χ0n) is 15.7. The maximum Gasteiger partial charge on any atom is 0.449 e. The number of nitrogens with zero attached hydrogens (tertiary/aromatic N) is 3. The molecule has 0 fully saturated rings. The van der Waals surface area contributed by atoms with Gasteiger partial charge in [-0.3, -0.25) is 0 Å². The van der Waals surface area contributed by atoms with Gasteiger partial charge in [-0.15, -0.1) is 0 Å². The molecule has 1 aliphatic heterocycles. The van der Waals surface area contributed by atoms with Crippen LogP contribution in [0, 0.1) is 0 Å². The van der Waals surface area contributed by atoms with Gasteiger partial charge >= 0.3 is 6.18 Å². The maximum atomic E-state index is 13.5. The third kappa shape index (κ3) is 3.13. The van der Waals surface area contributed by atoms with Crippen LogP contribution in [0.25, 0.3) is 11.0 Å². The molecule has 28 heavy (non-hydrogen) atoms. The van der Waals surface area contributed by atoms with E-state index in [1.54, 1.807) is 24.3 Å². The van der Waals surface area contributed by atoms with Crippen LogP contribution in [0.1, 0.15) is 31.2 Å². The van der Waals surface area contributed by atoms with Crippen molar-refractivity contribution in [2.24, 2.45) is 0 Å². The Morgan fingerprint density at radius 2 is 1.71 bits per heavy atom. The minimum Gasteiger partial charge on any atom is -0.389 e. The number of rotatable bonds is 4. The van der Waals surface area contributed by atoms with E-state index in [9.17, 15) is 18.3 Å². The summed E-state index contributed by atoms with van der Waals surface area (Å²) in [5, 5.41) is 10.7. The fraction of sp³-hybridized carbons (Fsp3) is 0.381. The summed E-state index contributed by atoms with van der Waals surface area (Å²) in [6.45, 7) is 4.29. The van der Waals surface area contributed by atoms with Crippen LogP contribution in [-0.4, -0.2) is 33.3 Å². The molecule has 2 aromatic carbocycles. The summed E-state index contributed by atoms with van der Waals surface area (Å²) in [6, 6.07) is 14.6. The minimum absolute atomic E-state index is 0.161. The highest BCUT2D eigenvalue weighted by Gasteiger charge is 2.38. The topological polar surface area (TPSA) is 41.3 Å². The van der Waals surface area contributed by atoms with Crippen molar-refractivity contribution in [1.29, 1.82) is 0 Å². The third-order valence-corrected chi connectivity index (χ3v) is 5.66. The minimum atomic E-state index is -4.58. The quantitative estimate of drug-likeness (QED) is 0.718. The van der Waals surface area contributed by atoms with E-state index >= 15 is 0 Å². The van der Waals surface area contributed by atoms with E-state index in [4.69, 9.17) is 0 Å². The molecular weight excluding hydrogens is 367 g/mol. The van der Waals surface area contributed by atoms with Gasteiger partial charge in [0.2, 0.25) is 5.82 Å². The smallest absolute Gasteiger partial charge is 0.389 e. The Bertz CT molecular complexity index is 998. The van der Waals surface area contributed by atoms with Gasteiger partial charge in [0.25, 0.3) is 0 Å². The molecule has 2 heterocycles. The van der Waals surface area contributed by atoms with Crippen molar-refractivity contribution in [2.45, 2.75) is 44.6 Å². The van der Waals surface area contributed by atoms with Crippen LogP contribution in [-0.2, 0) is 12.7 Å². The first-order chi connectivity index (χ1) is 13.3. The maximum absolute atomic E-state index is 13.5. The molecule has 0 amide bonds. The number of β-amino-alcohol motifs (C(OH)–C–C–N with tert-alkyl or cyclic N) is 1. The van der Waals surface area contributed by atoms with Crippen LogP contribution >= 0.6 is 0 Å². The molecule has 3 atom stereocenters. The average molecular weight is 389 g/mol. The number of hydrogen-bond donors (Lipinski definition) is 1. The summed E-state index contributed by atoms with van der Waals surface area (Å²) < 4.78 is 41.5. The molecule has 0 bridgehead atoms. The van der Waals surface area contributed by atoms with Crippen molar-refractivity contribution in [1.82, 2.24) is 9.55 Å². The lowest BCUT2D eigenvalue weighted by molar-refractivity contribution is -0.147. The second-order valence-corrected chi connectivity index (χ2v) is 7.43. The molecule has 0 saturated carbocycles. The van der Waals surface area contributed by atoms with Crippen molar-refractivity contribution >= 4 is 16.7 Å². The Labute approximate surface area is 161 Å². The van der Waals surface area contributed by atoms with E-state index in [-0.39, 0.29) is 24.6 Å². The van der Waals surface area contributed by atoms with Crippen molar-refractivity contribution in [3.63, 3.8) is 0 Å². The van der Waals surface area contributed by atoms with E-state index in [0.29, 0.717) is 11.4 Å². The molecule has 1 aromatic heterocycles. The number of anilines is 1. The molecular formula is C21H22F3N3O. The van der Waals surface area contributed by atoms with Crippen molar-refractivity contribution in [3.05, 3.63) is 59.9 Å². The van der Waals surface area contributed by atoms with E-state index < -0.39 is 18.1 Å². The lowest BCUT2D eigenvalue weighted by Crippen LogP contribution is -2.39. The van der Waals surface area contributed by atoms with Gasteiger partial charge in [-0.2, -0.15) is 13.2 Å². The first-order valence-electron chi connectivity index (χ1n) is 9.33. The fourth-order valence-corrected chi connectivity index (χ4v) is 4.12. The number of alkyl halides is 3. The predicted octanol–water partition coefficient (Wildman–Crippen LogP) is 4.43. The summed E-state index contributed by atoms with van der Waals surface area (Å²) in [6.07, 6.45) is -5.56. The van der Waals surface area contributed by atoms with Crippen LogP contribution in [0.5, 0.6) is 0 Å². The number of hydrogen-bond acceptors (Lipinski definition) is 3. The Kier molecular flexibility index (Phi) is 4.57. The predicted molar refractivity (Wildman–Crippen MR) is 102 cm³/mol. The van der Waals surface area contributed by atoms with Gasteiger partial charge in [0.15, 0.2) is 0 Å².